The molecule has 1 aromatic rings. The van der Waals surface area contributed by atoms with Crippen LogP contribution in [-0.2, 0) is 13.1 Å². The van der Waals surface area contributed by atoms with Crippen LogP contribution in [-0.4, -0.2) is 15.0 Å². The molecule has 1 rings (SSSR count). The Balaban J connectivity index is 3.06. The fourth-order valence-corrected chi connectivity index (χ4v) is 1.86. The molecule has 14 heavy (non-hydrogen) atoms. The summed E-state index contributed by atoms with van der Waals surface area (Å²) in [6, 6.07) is 0. The lowest BCUT2D eigenvalue weighted by Gasteiger charge is -2.14. The highest BCUT2D eigenvalue weighted by Gasteiger charge is 2.17. The van der Waals surface area contributed by atoms with Crippen LogP contribution in [0.1, 0.15) is 50.9 Å². The van der Waals surface area contributed by atoms with Crippen molar-refractivity contribution in [3.8, 4) is 0 Å². The number of rotatable bonds is 5. The van der Waals surface area contributed by atoms with Gasteiger partial charge in [-0.15, -0.1) is 5.10 Å². The van der Waals surface area contributed by atoms with Gasteiger partial charge in [0.25, 0.3) is 0 Å². The maximum atomic E-state index is 5.65. The van der Waals surface area contributed by atoms with Crippen molar-refractivity contribution >= 4 is 0 Å². The third-order valence-electron chi connectivity index (χ3n) is 2.71. The van der Waals surface area contributed by atoms with Gasteiger partial charge in [0.2, 0.25) is 0 Å². The predicted octanol–water partition coefficient (Wildman–Crippen LogP) is 1.66. The van der Waals surface area contributed by atoms with E-state index in [0.717, 1.165) is 25.1 Å². The molecule has 0 unspecified atom stereocenters. The molecule has 0 radical (unpaired) electrons. The van der Waals surface area contributed by atoms with Crippen molar-refractivity contribution in [1.29, 1.82) is 0 Å². The summed E-state index contributed by atoms with van der Waals surface area (Å²) in [6.07, 6.45) is 2.24. The number of nitrogens with two attached hydrogens (primary N) is 1. The lowest BCUT2D eigenvalue weighted by molar-refractivity contribution is 0.530. The largest absolute Gasteiger partial charge is 0.325 e. The summed E-state index contributed by atoms with van der Waals surface area (Å²) >= 11 is 0. The second-order valence-corrected chi connectivity index (χ2v) is 3.45. The third kappa shape index (κ3) is 1.95. The van der Waals surface area contributed by atoms with E-state index in [4.69, 9.17) is 5.73 Å². The minimum absolute atomic E-state index is 0.492. The first-order valence-electron chi connectivity index (χ1n) is 5.40. The average Bonchev–Trinajstić information content (AvgIpc) is 2.63. The number of aromatic nitrogens is 3. The van der Waals surface area contributed by atoms with Crippen LogP contribution in [0.25, 0.3) is 0 Å². The van der Waals surface area contributed by atoms with E-state index < -0.39 is 0 Å². The summed E-state index contributed by atoms with van der Waals surface area (Å²) in [7, 11) is 0. The summed E-state index contributed by atoms with van der Waals surface area (Å²) in [5.41, 5.74) is 7.84. The molecule has 0 amide bonds. The fourth-order valence-electron chi connectivity index (χ4n) is 1.86. The van der Waals surface area contributed by atoms with Gasteiger partial charge in [-0.2, -0.15) is 0 Å². The monoisotopic (exact) mass is 196 g/mol. The van der Waals surface area contributed by atoms with E-state index in [1.807, 2.05) is 4.68 Å². The minimum atomic E-state index is 0.492. The normalized spacial score (nSPS) is 11.2. The van der Waals surface area contributed by atoms with Crippen molar-refractivity contribution in [2.24, 2.45) is 5.73 Å². The molecule has 0 atom stereocenters. The van der Waals surface area contributed by atoms with Gasteiger partial charge in [0.05, 0.1) is 11.4 Å². The molecule has 80 valence electrons. The first kappa shape index (κ1) is 11.2. The molecule has 4 nitrogen and oxygen atoms in total. The van der Waals surface area contributed by atoms with E-state index in [0.29, 0.717) is 12.5 Å². The molecule has 4 heteroatoms. The number of aryl methyl sites for hydroxylation is 1. The minimum Gasteiger partial charge on any atom is -0.325 e. The van der Waals surface area contributed by atoms with Gasteiger partial charge in [0, 0.05) is 19.0 Å². The first-order chi connectivity index (χ1) is 6.78. The fraction of sp³-hybridized carbons (Fsp3) is 0.800. The predicted molar refractivity (Wildman–Crippen MR) is 56.9 cm³/mol. The zero-order chi connectivity index (χ0) is 10.6. The number of hydrogen-bond acceptors (Lipinski definition) is 3. The van der Waals surface area contributed by atoms with Crippen molar-refractivity contribution in [2.75, 3.05) is 0 Å². The first-order valence-corrected chi connectivity index (χ1v) is 5.40. The highest BCUT2D eigenvalue weighted by molar-refractivity contribution is 5.15. The summed E-state index contributed by atoms with van der Waals surface area (Å²) in [6.45, 7) is 7.84. The zero-order valence-electron chi connectivity index (χ0n) is 9.32. The molecule has 0 spiro atoms. The van der Waals surface area contributed by atoms with Crippen molar-refractivity contribution in [3.63, 3.8) is 0 Å². The van der Waals surface area contributed by atoms with Crippen LogP contribution in [0.5, 0.6) is 0 Å². The van der Waals surface area contributed by atoms with Crippen molar-refractivity contribution < 1.29 is 0 Å². The van der Waals surface area contributed by atoms with Crippen molar-refractivity contribution in [2.45, 2.75) is 52.6 Å². The van der Waals surface area contributed by atoms with Crippen LogP contribution in [0.2, 0.25) is 0 Å². The molecule has 0 aliphatic heterocycles. The molecule has 0 aliphatic carbocycles. The van der Waals surface area contributed by atoms with Crippen LogP contribution in [0, 0.1) is 0 Å². The van der Waals surface area contributed by atoms with Gasteiger partial charge in [-0.3, -0.25) is 0 Å². The quantitative estimate of drug-likeness (QED) is 0.779. The Bertz CT molecular complexity index is 254. The van der Waals surface area contributed by atoms with Crippen LogP contribution in [0.15, 0.2) is 0 Å². The third-order valence-corrected chi connectivity index (χ3v) is 2.71. The van der Waals surface area contributed by atoms with E-state index in [1.165, 1.54) is 5.69 Å². The Labute approximate surface area is 85.5 Å². The maximum absolute atomic E-state index is 5.65. The van der Waals surface area contributed by atoms with E-state index in [9.17, 15) is 0 Å². The highest BCUT2D eigenvalue weighted by Crippen LogP contribution is 2.24. The Hall–Kier alpha value is -0.900. The Morgan fingerprint density at radius 2 is 1.93 bits per heavy atom. The molecule has 0 saturated carbocycles. The lowest BCUT2D eigenvalue weighted by Crippen LogP contribution is -2.11. The molecular weight excluding hydrogens is 176 g/mol. The van der Waals surface area contributed by atoms with E-state index >= 15 is 0 Å². The van der Waals surface area contributed by atoms with Crippen LogP contribution < -0.4 is 5.73 Å². The van der Waals surface area contributed by atoms with Crippen LogP contribution in [0.4, 0.5) is 0 Å². The molecule has 0 fully saturated rings. The molecule has 0 bridgehead atoms. The lowest BCUT2D eigenvalue weighted by atomic mass is 9.97. The Morgan fingerprint density at radius 3 is 2.36 bits per heavy atom. The Kier molecular flexibility index (Phi) is 4.07. The zero-order valence-corrected chi connectivity index (χ0v) is 9.32. The van der Waals surface area contributed by atoms with Crippen LogP contribution >= 0.6 is 0 Å². The second-order valence-electron chi connectivity index (χ2n) is 3.45. The van der Waals surface area contributed by atoms with Gasteiger partial charge < -0.3 is 5.73 Å². The summed E-state index contributed by atoms with van der Waals surface area (Å²) in [5.74, 6) is 0.545. The van der Waals surface area contributed by atoms with E-state index in [1.54, 1.807) is 0 Å². The molecule has 1 heterocycles. The summed E-state index contributed by atoms with van der Waals surface area (Å²) in [4.78, 5) is 0. The second kappa shape index (κ2) is 5.10. The van der Waals surface area contributed by atoms with Gasteiger partial charge in [0.15, 0.2) is 0 Å². The molecule has 0 aromatic carbocycles. The van der Waals surface area contributed by atoms with Gasteiger partial charge in [-0.25, -0.2) is 4.68 Å². The molecular formula is C10H20N4. The smallest absolute Gasteiger partial charge is 0.0997 e. The standard InChI is InChI=1S/C10H20N4/c1-4-8(5-2)10-9(7-11)12-13-14(10)6-3/h8H,4-7,11H2,1-3H3. The summed E-state index contributed by atoms with van der Waals surface area (Å²) in [5, 5.41) is 8.22. The van der Waals surface area contributed by atoms with Gasteiger partial charge >= 0.3 is 0 Å². The highest BCUT2D eigenvalue weighted by atomic mass is 15.4. The maximum Gasteiger partial charge on any atom is 0.0997 e. The number of nitrogens with zero attached hydrogens (tertiary/aromatic N) is 3. The van der Waals surface area contributed by atoms with Crippen molar-refractivity contribution in [1.82, 2.24) is 15.0 Å². The molecule has 0 aliphatic rings. The van der Waals surface area contributed by atoms with Crippen molar-refractivity contribution in [3.05, 3.63) is 11.4 Å². The van der Waals surface area contributed by atoms with E-state index in [2.05, 4.69) is 31.1 Å². The average molecular weight is 196 g/mol. The number of hydrogen-bond donors (Lipinski definition) is 1. The van der Waals surface area contributed by atoms with E-state index in [-0.39, 0.29) is 0 Å². The molecule has 2 N–H and O–H groups in total. The SMILES string of the molecule is CCC(CC)c1c(CN)nnn1CC. The van der Waals surface area contributed by atoms with Gasteiger partial charge in [0.1, 0.15) is 0 Å². The molecule has 1 aromatic heterocycles. The van der Waals surface area contributed by atoms with Gasteiger partial charge in [-0.1, -0.05) is 19.1 Å². The summed E-state index contributed by atoms with van der Waals surface area (Å²) < 4.78 is 1.97. The van der Waals surface area contributed by atoms with Crippen LogP contribution in [0.3, 0.4) is 0 Å². The topological polar surface area (TPSA) is 56.7 Å². The Morgan fingerprint density at radius 1 is 1.29 bits per heavy atom. The molecule has 0 saturated heterocycles. The van der Waals surface area contributed by atoms with Gasteiger partial charge in [-0.05, 0) is 19.8 Å².